The molecule has 90 valence electrons. The van der Waals surface area contributed by atoms with E-state index in [4.69, 9.17) is 0 Å². The highest BCUT2D eigenvalue weighted by Crippen LogP contribution is 2.00. The van der Waals surface area contributed by atoms with Crippen LogP contribution in [-0.4, -0.2) is 44.6 Å². The molecule has 0 saturated heterocycles. The zero-order valence-electron chi connectivity index (χ0n) is 11.0. The molecule has 0 aliphatic carbocycles. The molecular weight excluding hydrogens is 188 g/mol. The van der Waals surface area contributed by atoms with Crippen LogP contribution >= 0.6 is 0 Å². The van der Waals surface area contributed by atoms with Gasteiger partial charge >= 0.3 is 0 Å². The first-order valence-corrected chi connectivity index (χ1v) is 5.95. The van der Waals surface area contributed by atoms with E-state index in [2.05, 4.69) is 26.5 Å². The van der Waals surface area contributed by atoms with E-state index in [1.54, 1.807) is 0 Å². The summed E-state index contributed by atoms with van der Waals surface area (Å²) in [5.74, 6) is 0.353. The number of hydrogen-bond donors (Lipinski definition) is 1. The molecule has 0 aliphatic rings. The second-order valence-electron chi connectivity index (χ2n) is 5.32. The van der Waals surface area contributed by atoms with Crippen molar-refractivity contribution in [3.63, 3.8) is 0 Å². The second-order valence-corrected chi connectivity index (χ2v) is 5.32. The molecule has 1 atom stereocenters. The first-order chi connectivity index (χ1) is 6.87. The zero-order chi connectivity index (χ0) is 11.9. The molecule has 0 fully saturated rings. The van der Waals surface area contributed by atoms with Crippen LogP contribution in [0.25, 0.3) is 0 Å². The summed E-state index contributed by atoms with van der Waals surface area (Å²) in [7, 11) is 6.58. The van der Waals surface area contributed by atoms with Crippen LogP contribution < -0.4 is 5.32 Å². The van der Waals surface area contributed by atoms with Crippen molar-refractivity contribution < 1.29 is 9.28 Å². The Morgan fingerprint density at radius 1 is 1.27 bits per heavy atom. The van der Waals surface area contributed by atoms with Gasteiger partial charge in [-0.05, 0) is 19.3 Å². The lowest BCUT2D eigenvalue weighted by Crippen LogP contribution is -2.36. The number of nitrogens with zero attached hydrogens (tertiary/aromatic N) is 1. The fourth-order valence-corrected chi connectivity index (χ4v) is 1.28. The van der Waals surface area contributed by atoms with E-state index in [1.807, 2.05) is 13.8 Å². The lowest BCUT2D eigenvalue weighted by molar-refractivity contribution is -0.870. The number of amides is 1. The van der Waals surface area contributed by atoms with Crippen molar-refractivity contribution >= 4 is 5.91 Å². The van der Waals surface area contributed by atoms with E-state index in [0.29, 0.717) is 0 Å². The minimum absolute atomic E-state index is 0.156. The lowest BCUT2D eigenvalue weighted by atomic mass is 10.1. The van der Waals surface area contributed by atoms with Crippen molar-refractivity contribution in [3.8, 4) is 0 Å². The van der Waals surface area contributed by atoms with E-state index in [-0.39, 0.29) is 11.8 Å². The van der Waals surface area contributed by atoms with Crippen LogP contribution in [0.15, 0.2) is 0 Å². The predicted octanol–water partition coefficient (Wildman–Crippen LogP) is 1.64. The van der Waals surface area contributed by atoms with Crippen molar-refractivity contribution in [3.05, 3.63) is 0 Å². The molecule has 1 N–H and O–H groups in total. The Labute approximate surface area is 94.4 Å². The molecule has 0 bridgehead atoms. The van der Waals surface area contributed by atoms with Crippen molar-refractivity contribution in [1.29, 1.82) is 0 Å². The highest BCUT2D eigenvalue weighted by Gasteiger charge is 2.09. The molecule has 0 saturated carbocycles. The minimum Gasteiger partial charge on any atom is -0.356 e. The van der Waals surface area contributed by atoms with E-state index in [0.717, 1.165) is 23.9 Å². The molecule has 0 heterocycles. The third-order valence-corrected chi connectivity index (χ3v) is 2.61. The van der Waals surface area contributed by atoms with Crippen LogP contribution in [-0.2, 0) is 4.79 Å². The van der Waals surface area contributed by atoms with Gasteiger partial charge in [0.1, 0.15) is 0 Å². The molecule has 0 rings (SSSR count). The molecule has 3 nitrogen and oxygen atoms in total. The lowest BCUT2D eigenvalue weighted by Gasteiger charge is -2.23. The molecule has 0 spiro atoms. The highest BCUT2D eigenvalue weighted by molar-refractivity contribution is 5.78. The van der Waals surface area contributed by atoms with E-state index in [9.17, 15) is 4.79 Å². The first-order valence-electron chi connectivity index (χ1n) is 5.95. The monoisotopic (exact) mass is 215 g/mol. The Morgan fingerprint density at radius 2 is 1.87 bits per heavy atom. The van der Waals surface area contributed by atoms with Gasteiger partial charge in [0, 0.05) is 12.5 Å². The maximum Gasteiger partial charge on any atom is 0.222 e. The van der Waals surface area contributed by atoms with Gasteiger partial charge in [0.2, 0.25) is 5.91 Å². The van der Waals surface area contributed by atoms with Crippen molar-refractivity contribution in [2.24, 2.45) is 5.92 Å². The molecule has 3 heteroatoms. The van der Waals surface area contributed by atoms with Gasteiger partial charge in [0.25, 0.3) is 0 Å². The third kappa shape index (κ3) is 8.43. The average molecular weight is 215 g/mol. The Bertz CT molecular complexity index is 185. The smallest absolute Gasteiger partial charge is 0.222 e. The molecule has 1 amide bonds. The Morgan fingerprint density at radius 3 is 2.33 bits per heavy atom. The van der Waals surface area contributed by atoms with E-state index in [1.165, 1.54) is 13.0 Å². The van der Waals surface area contributed by atoms with Crippen LogP contribution in [0.5, 0.6) is 0 Å². The summed E-state index contributed by atoms with van der Waals surface area (Å²) in [6.45, 7) is 6.01. The quantitative estimate of drug-likeness (QED) is 0.507. The third-order valence-electron chi connectivity index (χ3n) is 2.61. The van der Waals surface area contributed by atoms with Gasteiger partial charge in [0.05, 0.1) is 27.7 Å². The van der Waals surface area contributed by atoms with E-state index >= 15 is 0 Å². The van der Waals surface area contributed by atoms with Crippen molar-refractivity contribution in [2.45, 2.75) is 33.1 Å². The highest BCUT2D eigenvalue weighted by atomic mass is 16.1. The first kappa shape index (κ1) is 14.4. The molecule has 15 heavy (non-hydrogen) atoms. The molecule has 0 aliphatic heterocycles. The van der Waals surface area contributed by atoms with Crippen LogP contribution in [0, 0.1) is 5.92 Å². The number of carbonyl (C=O) groups excluding carboxylic acids is 1. The summed E-state index contributed by atoms with van der Waals surface area (Å²) in [4.78, 5) is 11.4. The largest absolute Gasteiger partial charge is 0.356 e. The molecule has 0 aromatic rings. The standard InChI is InChI=1S/C12H26N2O/c1-6-11(2)12(15)13-9-7-8-10-14(3,4)5/h11H,6-10H2,1-5H3/p+1. The van der Waals surface area contributed by atoms with Gasteiger partial charge in [-0.25, -0.2) is 0 Å². The van der Waals surface area contributed by atoms with Crippen molar-refractivity contribution in [2.75, 3.05) is 34.2 Å². The van der Waals surface area contributed by atoms with Crippen LogP contribution in [0.3, 0.4) is 0 Å². The van der Waals surface area contributed by atoms with Gasteiger partial charge in [-0.2, -0.15) is 0 Å². The fraction of sp³-hybridized carbons (Fsp3) is 0.917. The fourth-order valence-electron chi connectivity index (χ4n) is 1.28. The molecule has 1 unspecified atom stereocenters. The Hall–Kier alpha value is -0.570. The number of quaternary nitrogens is 1. The van der Waals surface area contributed by atoms with Crippen LogP contribution in [0.4, 0.5) is 0 Å². The molecule has 0 radical (unpaired) electrons. The summed E-state index contributed by atoms with van der Waals surface area (Å²) >= 11 is 0. The summed E-state index contributed by atoms with van der Waals surface area (Å²) in [6.07, 6.45) is 3.17. The normalized spacial score (nSPS) is 13.7. The maximum absolute atomic E-state index is 11.4. The van der Waals surface area contributed by atoms with Gasteiger partial charge in [-0.1, -0.05) is 13.8 Å². The number of nitrogens with one attached hydrogen (secondary N) is 1. The van der Waals surface area contributed by atoms with Crippen LogP contribution in [0.1, 0.15) is 33.1 Å². The maximum atomic E-state index is 11.4. The Balaban J connectivity index is 3.43. The van der Waals surface area contributed by atoms with Gasteiger partial charge < -0.3 is 9.80 Å². The van der Waals surface area contributed by atoms with Gasteiger partial charge in [-0.15, -0.1) is 0 Å². The second kappa shape index (κ2) is 6.83. The SMILES string of the molecule is CCC(C)C(=O)NCCCC[N+](C)(C)C. The summed E-state index contributed by atoms with van der Waals surface area (Å²) in [5.41, 5.74) is 0. The predicted molar refractivity (Wildman–Crippen MR) is 64.6 cm³/mol. The van der Waals surface area contributed by atoms with Gasteiger partial charge in [0.15, 0.2) is 0 Å². The summed E-state index contributed by atoms with van der Waals surface area (Å²) in [6, 6.07) is 0. The summed E-state index contributed by atoms with van der Waals surface area (Å²) < 4.78 is 0.999. The molecule has 0 aromatic carbocycles. The van der Waals surface area contributed by atoms with E-state index < -0.39 is 0 Å². The van der Waals surface area contributed by atoms with Crippen LogP contribution in [0.2, 0.25) is 0 Å². The number of hydrogen-bond acceptors (Lipinski definition) is 1. The number of unbranched alkanes of at least 4 members (excludes halogenated alkanes) is 1. The number of rotatable bonds is 7. The number of carbonyl (C=O) groups is 1. The molecular formula is C12H27N2O+. The summed E-state index contributed by atoms with van der Waals surface area (Å²) in [5, 5.41) is 2.97. The minimum atomic E-state index is 0.156. The van der Waals surface area contributed by atoms with Gasteiger partial charge in [-0.3, -0.25) is 4.79 Å². The topological polar surface area (TPSA) is 29.1 Å². The Kier molecular flexibility index (Phi) is 6.57. The van der Waals surface area contributed by atoms with Crippen molar-refractivity contribution in [1.82, 2.24) is 5.32 Å². The molecule has 0 aromatic heterocycles. The average Bonchev–Trinajstić information content (AvgIpc) is 2.14. The zero-order valence-corrected chi connectivity index (χ0v) is 11.0.